The van der Waals surface area contributed by atoms with Crippen LogP contribution in [0.5, 0.6) is 0 Å². The van der Waals surface area contributed by atoms with Gasteiger partial charge in [-0.2, -0.15) is 0 Å². The Bertz CT molecular complexity index is 1160. The summed E-state index contributed by atoms with van der Waals surface area (Å²) < 4.78 is 45.0. The highest BCUT2D eigenvalue weighted by Crippen LogP contribution is 2.44. The molecule has 0 radical (unpaired) electrons. The molecule has 3 heterocycles. The first-order valence-electron chi connectivity index (χ1n) is 10.4. The van der Waals surface area contributed by atoms with E-state index in [0.29, 0.717) is 0 Å². The van der Waals surface area contributed by atoms with Gasteiger partial charge in [0.15, 0.2) is 5.82 Å². The molecule has 4 rings (SSSR count). The zero-order valence-electron chi connectivity index (χ0n) is 18.0. The van der Waals surface area contributed by atoms with Gasteiger partial charge in [0.2, 0.25) is 5.91 Å². The van der Waals surface area contributed by atoms with Crippen molar-refractivity contribution in [2.24, 2.45) is 17.6 Å². The molecule has 1 fully saturated rings. The van der Waals surface area contributed by atoms with Gasteiger partial charge in [-0.05, 0) is 36.2 Å². The minimum absolute atomic E-state index is 0.112. The monoisotopic (exact) mass is 446 g/mol. The van der Waals surface area contributed by atoms with Crippen LogP contribution in [0.15, 0.2) is 30.6 Å². The number of carbonyl (C=O) groups is 1. The van der Waals surface area contributed by atoms with Crippen LogP contribution in [0.2, 0.25) is 0 Å². The molecule has 1 saturated heterocycles. The number of benzene rings is 1. The average molecular weight is 446 g/mol. The maximum absolute atomic E-state index is 15.4. The Hall–Kier alpha value is -2.91. The lowest BCUT2D eigenvalue weighted by Gasteiger charge is -2.48. The molecule has 1 unspecified atom stereocenters. The number of hydrogen-bond donors (Lipinski definition) is 3. The van der Waals surface area contributed by atoms with Crippen LogP contribution in [0, 0.1) is 29.3 Å². The molecule has 2 aromatic heterocycles. The van der Waals surface area contributed by atoms with Crippen molar-refractivity contribution in [3.8, 4) is 11.1 Å². The van der Waals surface area contributed by atoms with Crippen molar-refractivity contribution in [2.75, 3.05) is 13.1 Å². The second-order valence-electron chi connectivity index (χ2n) is 8.69. The highest BCUT2D eigenvalue weighted by atomic mass is 19.1. The number of nitrogens with two attached hydrogens (primary N) is 1. The van der Waals surface area contributed by atoms with Crippen LogP contribution in [0.25, 0.3) is 22.2 Å². The van der Waals surface area contributed by atoms with E-state index in [9.17, 15) is 14.3 Å². The van der Waals surface area contributed by atoms with Crippen LogP contribution in [-0.2, 0) is 10.4 Å². The number of nitrogens with zero attached hydrogens (tertiary/aromatic N) is 2. The van der Waals surface area contributed by atoms with E-state index < -0.39 is 46.5 Å². The summed E-state index contributed by atoms with van der Waals surface area (Å²) in [4.78, 5) is 20.5. The number of H-pyrrole nitrogens is 1. The van der Waals surface area contributed by atoms with Gasteiger partial charge < -0.3 is 20.7 Å². The number of rotatable bonds is 3. The molecule has 1 amide bonds. The van der Waals surface area contributed by atoms with E-state index in [1.807, 2.05) is 0 Å². The largest absolute Gasteiger partial charge is 0.384 e. The summed E-state index contributed by atoms with van der Waals surface area (Å²) in [5.41, 5.74) is 4.07. The number of halogens is 3. The summed E-state index contributed by atoms with van der Waals surface area (Å²) in [5, 5.41) is 11.6. The van der Waals surface area contributed by atoms with Crippen LogP contribution >= 0.6 is 0 Å². The van der Waals surface area contributed by atoms with E-state index in [1.165, 1.54) is 17.2 Å². The average Bonchev–Trinajstić information content (AvgIpc) is 3.11. The Morgan fingerprint density at radius 1 is 1.22 bits per heavy atom. The maximum atomic E-state index is 15.4. The van der Waals surface area contributed by atoms with Crippen molar-refractivity contribution >= 4 is 16.9 Å². The minimum Gasteiger partial charge on any atom is -0.384 e. The van der Waals surface area contributed by atoms with E-state index >= 15 is 8.78 Å². The van der Waals surface area contributed by atoms with E-state index in [0.717, 1.165) is 18.3 Å². The van der Waals surface area contributed by atoms with Crippen molar-refractivity contribution in [3.05, 3.63) is 53.6 Å². The lowest BCUT2D eigenvalue weighted by atomic mass is 9.70. The molecule has 6 nitrogen and oxygen atoms in total. The highest BCUT2D eigenvalue weighted by molar-refractivity contribution is 5.93. The first-order valence-corrected chi connectivity index (χ1v) is 10.4. The van der Waals surface area contributed by atoms with Crippen molar-refractivity contribution in [1.82, 2.24) is 14.9 Å². The fourth-order valence-electron chi connectivity index (χ4n) is 4.83. The molecule has 4 N–H and O–H groups in total. The van der Waals surface area contributed by atoms with Crippen molar-refractivity contribution < 1.29 is 23.1 Å². The molecule has 3 aromatic rings. The normalized spacial score (nSPS) is 24.7. The number of aromatic nitrogens is 2. The number of hydrogen-bond acceptors (Lipinski definition) is 4. The Morgan fingerprint density at radius 3 is 2.38 bits per heavy atom. The second-order valence-corrected chi connectivity index (χ2v) is 8.69. The molecule has 1 aliphatic rings. The zero-order chi connectivity index (χ0) is 23.4. The number of pyridine rings is 1. The Labute approximate surface area is 183 Å². The fraction of sp³-hybridized carbons (Fsp3) is 0.391. The van der Waals surface area contributed by atoms with Crippen LogP contribution in [0.3, 0.4) is 0 Å². The first-order chi connectivity index (χ1) is 15.1. The zero-order valence-corrected chi connectivity index (χ0v) is 18.0. The standard InChI is InChI=1S/C23H25F3N4O2/c1-11-9-30(22(31)13(3)27)10-12(2)23(11,32)20-16(24)6-14(7-17(20)25)15-4-5-28-21-19(15)18(26)8-29-21/h4-8,11-13,32H,9-10,27H2,1-3H3,(H,28,29)/t11-,12+,13-,23?/m1/s1. The van der Waals surface area contributed by atoms with Crippen molar-refractivity contribution in [2.45, 2.75) is 32.4 Å². The summed E-state index contributed by atoms with van der Waals surface area (Å²) >= 11 is 0. The summed E-state index contributed by atoms with van der Waals surface area (Å²) in [7, 11) is 0. The first kappa shape index (κ1) is 22.3. The molecule has 170 valence electrons. The quantitative estimate of drug-likeness (QED) is 0.575. The minimum atomic E-state index is -1.84. The number of likely N-dealkylation sites (tertiary alicyclic amines) is 1. The van der Waals surface area contributed by atoms with Gasteiger partial charge in [0.05, 0.1) is 17.0 Å². The molecule has 9 heteroatoms. The van der Waals surface area contributed by atoms with Crippen LogP contribution < -0.4 is 5.73 Å². The van der Waals surface area contributed by atoms with Gasteiger partial charge in [0, 0.05) is 37.3 Å². The summed E-state index contributed by atoms with van der Waals surface area (Å²) in [5.74, 6) is -4.04. The Morgan fingerprint density at radius 2 is 1.81 bits per heavy atom. The van der Waals surface area contributed by atoms with Gasteiger partial charge in [0.25, 0.3) is 0 Å². The molecule has 1 aromatic carbocycles. The van der Waals surface area contributed by atoms with Crippen LogP contribution in [0.1, 0.15) is 26.3 Å². The third-order valence-corrected chi connectivity index (χ3v) is 6.47. The third-order valence-electron chi connectivity index (χ3n) is 6.47. The van der Waals surface area contributed by atoms with Gasteiger partial charge in [-0.15, -0.1) is 0 Å². The summed E-state index contributed by atoms with van der Waals surface area (Å²) in [6.07, 6.45) is 2.55. The lowest BCUT2D eigenvalue weighted by molar-refractivity contribution is -0.150. The number of piperidine rings is 1. The molecule has 4 atom stereocenters. The third kappa shape index (κ3) is 3.36. The Kier molecular flexibility index (Phi) is 5.50. The second kappa shape index (κ2) is 7.90. The number of fused-ring (bicyclic) bond motifs is 1. The van der Waals surface area contributed by atoms with Crippen molar-refractivity contribution in [1.29, 1.82) is 0 Å². The number of aliphatic hydroxyl groups is 1. The van der Waals surface area contributed by atoms with Gasteiger partial charge in [-0.25, -0.2) is 18.2 Å². The van der Waals surface area contributed by atoms with E-state index in [1.54, 1.807) is 20.8 Å². The Balaban J connectivity index is 1.77. The van der Waals surface area contributed by atoms with E-state index in [4.69, 9.17) is 5.73 Å². The van der Waals surface area contributed by atoms with Gasteiger partial charge in [0.1, 0.15) is 22.9 Å². The molecule has 32 heavy (non-hydrogen) atoms. The topological polar surface area (TPSA) is 95.2 Å². The van der Waals surface area contributed by atoms with E-state index in [2.05, 4.69) is 9.97 Å². The number of carbonyl (C=O) groups excluding carboxylic acids is 1. The summed E-state index contributed by atoms with van der Waals surface area (Å²) in [6.45, 7) is 5.08. The summed E-state index contributed by atoms with van der Waals surface area (Å²) in [6, 6.07) is 2.96. The van der Waals surface area contributed by atoms with Crippen LogP contribution in [0.4, 0.5) is 13.2 Å². The molecule has 1 aliphatic heterocycles. The molecule has 0 aliphatic carbocycles. The SMILES string of the molecule is C[C@@H]1CN(C(=O)[C@@H](C)N)C[C@H](C)C1(O)c1c(F)cc(-c2ccnc3[nH]cc(F)c23)cc1F. The van der Waals surface area contributed by atoms with Gasteiger partial charge >= 0.3 is 0 Å². The number of nitrogens with one attached hydrogen (secondary N) is 1. The predicted octanol–water partition coefficient (Wildman–Crippen LogP) is 3.30. The smallest absolute Gasteiger partial charge is 0.239 e. The number of aromatic amines is 1. The van der Waals surface area contributed by atoms with Crippen LogP contribution in [-0.4, -0.2) is 45.0 Å². The maximum Gasteiger partial charge on any atom is 0.239 e. The molecule has 0 saturated carbocycles. The number of amides is 1. The van der Waals surface area contributed by atoms with E-state index in [-0.39, 0.29) is 41.2 Å². The predicted molar refractivity (Wildman–Crippen MR) is 114 cm³/mol. The van der Waals surface area contributed by atoms with Gasteiger partial charge in [-0.3, -0.25) is 4.79 Å². The molecular weight excluding hydrogens is 421 g/mol. The van der Waals surface area contributed by atoms with Crippen molar-refractivity contribution in [3.63, 3.8) is 0 Å². The fourth-order valence-corrected chi connectivity index (χ4v) is 4.83. The molecule has 0 bridgehead atoms. The molecule has 0 spiro atoms. The molecular formula is C23H25F3N4O2. The van der Waals surface area contributed by atoms with Gasteiger partial charge in [-0.1, -0.05) is 13.8 Å². The highest BCUT2D eigenvalue weighted by Gasteiger charge is 2.49. The lowest BCUT2D eigenvalue weighted by Crippen LogP contribution is -2.58.